The Morgan fingerprint density at radius 3 is 2.87 bits per heavy atom. The molecule has 2 rings (SSSR count). The zero-order chi connectivity index (χ0) is 10.8. The van der Waals surface area contributed by atoms with Crippen molar-refractivity contribution in [1.82, 2.24) is 4.98 Å². The van der Waals surface area contributed by atoms with Crippen LogP contribution in [0.5, 0.6) is 0 Å². The fraction of sp³-hybridized carbons (Fsp3) is 0.182. The summed E-state index contributed by atoms with van der Waals surface area (Å²) in [6.45, 7) is 2.04. The van der Waals surface area contributed by atoms with E-state index in [-0.39, 0.29) is 6.04 Å². The molecule has 1 unspecified atom stereocenters. The van der Waals surface area contributed by atoms with E-state index in [4.69, 9.17) is 5.73 Å². The highest BCUT2D eigenvalue weighted by Gasteiger charge is 2.14. The van der Waals surface area contributed by atoms with E-state index in [1.54, 1.807) is 17.5 Å². The van der Waals surface area contributed by atoms with Gasteiger partial charge in [0.05, 0.1) is 11.7 Å². The first-order valence-electron chi connectivity index (χ1n) is 4.59. The highest BCUT2D eigenvalue weighted by molar-refractivity contribution is 9.10. The highest BCUT2D eigenvalue weighted by atomic mass is 79.9. The van der Waals surface area contributed by atoms with E-state index in [2.05, 4.69) is 20.9 Å². The van der Waals surface area contributed by atoms with Crippen LogP contribution in [0.15, 0.2) is 34.2 Å². The molecule has 2 N–H and O–H groups in total. The van der Waals surface area contributed by atoms with Gasteiger partial charge in [-0.3, -0.25) is 4.98 Å². The minimum absolute atomic E-state index is 0.140. The molecule has 4 heteroatoms. The van der Waals surface area contributed by atoms with Crippen molar-refractivity contribution in [2.24, 2.45) is 5.73 Å². The van der Waals surface area contributed by atoms with E-state index >= 15 is 0 Å². The summed E-state index contributed by atoms with van der Waals surface area (Å²) >= 11 is 5.13. The molecular formula is C11H11BrN2S. The summed E-state index contributed by atoms with van der Waals surface area (Å²) in [5.41, 5.74) is 8.25. The third kappa shape index (κ3) is 2.27. The van der Waals surface area contributed by atoms with E-state index in [1.165, 1.54) is 5.56 Å². The lowest BCUT2D eigenvalue weighted by Crippen LogP contribution is -2.12. The van der Waals surface area contributed by atoms with E-state index < -0.39 is 0 Å². The van der Waals surface area contributed by atoms with Gasteiger partial charge >= 0.3 is 0 Å². The van der Waals surface area contributed by atoms with E-state index in [0.29, 0.717) is 0 Å². The molecule has 0 aromatic carbocycles. The van der Waals surface area contributed by atoms with E-state index in [1.807, 2.05) is 30.5 Å². The maximum absolute atomic E-state index is 6.15. The Labute approximate surface area is 101 Å². The van der Waals surface area contributed by atoms with E-state index in [9.17, 15) is 0 Å². The van der Waals surface area contributed by atoms with Crippen LogP contribution >= 0.6 is 27.3 Å². The third-order valence-electron chi connectivity index (χ3n) is 2.18. The molecule has 0 bridgehead atoms. The first-order chi connectivity index (χ1) is 7.18. The molecule has 2 aromatic heterocycles. The first-order valence-corrected chi connectivity index (χ1v) is 6.27. The van der Waals surface area contributed by atoms with Crippen LogP contribution in [0.1, 0.15) is 22.2 Å². The fourth-order valence-electron chi connectivity index (χ4n) is 1.39. The van der Waals surface area contributed by atoms with Gasteiger partial charge in [-0.1, -0.05) is 0 Å². The standard InChI is InChI=1S/C11H11BrN2S/c1-7-2-4-14-9(6-7)10(13)11-8(12)3-5-15-11/h2-6,10H,13H2,1H3. The number of aromatic nitrogens is 1. The number of halogens is 1. The molecule has 0 aliphatic rings. The summed E-state index contributed by atoms with van der Waals surface area (Å²) < 4.78 is 1.06. The van der Waals surface area contributed by atoms with Crippen LogP contribution < -0.4 is 5.73 Å². The molecule has 0 saturated carbocycles. The lowest BCUT2D eigenvalue weighted by molar-refractivity contribution is 0.840. The largest absolute Gasteiger partial charge is 0.318 e. The Morgan fingerprint density at radius 1 is 1.47 bits per heavy atom. The molecule has 2 aromatic rings. The maximum Gasteiger partial charge on any atom is 0.0831 e. The molecule has 78 valence electrons. The lowest BCUT2D eigenvalue weighted by Gasteiger charge is -2.10. The Balaban J connectivity index is 2.36. The fourth-order valence-corrected chi connectivity index (χ4v) is 3.02. The van der Waals surface area contributed by atoms with Gasteiger partial charge in [0.25, 0.3) is 0 Å². The van der Waals surface area contributed by atoms with Gasteiger partial charge in [-0.2, -0.15) is 0 Å². The molecule has 2 nitrogen and oxygen atoms in total. The SMILES string of the molecule is Cc1ccnc(C(N)c2sccc2Br)c1. The van der Waals surface area contributed by atoms with Crippen molar-refractivity contribution >= 4 is 27.3 Å². The Kier molecular flexibility index (Phi) is 3.19. The van der Waals surface area contributed by atoms with Gasteiger partial charge in [0.2, 0.25) is 0 Å². The smallest absolute Gasteiger partial charge is 0.0831 e. The average molecular weight is 283 g/mol. The molecule has 0 fully saturated rings. The maximum atomic E-state index is 6.15. The van der Waals surface area contributed by atoms with Crippen molar-refractivity contribution in [3.8, 4) is 0 Å². The number of nitrogens with zero attached hydrogens (tertiary/aromatic N) is 1. The van der Waals surface area contributed by atoms with Crippen molar-refractivity contribution in [3.63, 3.8) is 0 Å². The van der Waals surface area contributed by atoms with E-state index in [0.717, 1.165) is 15.0 Å². The van der Waals surface area contributed by atoms with Crippen LogP contribution in [-0.2, 0) is 0 Å². The summed E-state index contributed by atoms with van der Waals surface area (Å²) in [7, 11) is 0. The predicted octanol–water partition coefficient (Wildman–Crippen LogP) is 3.26. The zero-order valence-corrected chi connectivity index (χ0v) is 10.7. The second-order valence-corrected chi connectivity index (χ2v) is 5.17. The van der Waals surface area contributed by atoms with Gasteiger partial charge < -0.3 is 5.73 Å². The van der Waals surface area contributed by atoms with Crippen LogP contribution in [0, 0.1) is 6.92 Å². The second-order valence-electron chi connectivity index (χ2n) is 3.37. The van der Waals surface area contributed by atoms with Crippen LogP contribution in [0.4, 0.5) is 0 Å². The van der Waals surface area contributed by atoms with Crippen LogP contribution in [0.25, 0.3) is 0 Å². The van der Waals surface area contributed by atoms with Gasteiger partial charge in [0, 0.05) is 15.5 Å². The highest BCUT2D eigenvalue weighted by Crippen LogP contribution is 2.30. The van der Waals surface area contributed by atoms with Crippen molar-refractivity contribution < 1.29 is 0 Å². The third-order valence-corrected chi connectivity index (χ3v) is 4.14. The normalized spacial score (nSPS) is 12.7. The van der Waals surface area contributed by atoms with Crippen molar-refractivity contribution in [2.75, 3.05) is 0 Å². The van der Waals surface area contributed by atoms with Crippen LogP contribution in [-0.4, -0.2) is 4.98 Å². The number of hydrogen-bond donors (Lipinski definition) is 1. The molecule has 0 aliphatic carbocycles. The summed E-state index contributed by atoms with van der Waals surface area (Å²) in [6, 6.07) is 5.87. The number of hydrogen-bond acceptors (Lipinski definition) is 3. The number of nitrogens with two attached hydrogens (primary N) is 1. The number of thiophene rings is 1. The molecule has 0 saturated heterocycles. The number of pyridine rings is 1. The molecule has 0 radical (unpaired) electrons. The van der Waals surface area contributed by atoms with Gasteiger partial charge in [-0.05, 0) is 52.0 Å². The predicted molar refractivity (Wildman–Crippen MR) is 67.0 cm³/mol. The van der Waals surface area contributed by atoms with Crippen LogP contribution in [0.3, 0.4) is 0 Å². The molecule has 0 aliphatic heterocycles. The number of rotatable bonds is 2. The first kappa shape index (κ1) is 10.8. The monoisotopic (exact) mass is 282 g/mol. The van der Waals surface area contributed by atoms with Gasteiger partial charge in [-0.15, -0.1) is 11.3 Å². The van der Waals surface area contributed by atoms with Gasteiger partial charge in [-0.25, -0.2) is 0 Å². The zero-order valence-electron chi connectivity index (χ0n) is 8.27. The molecule has 2 heterocycles. The quantitative estimate of drug-likeness (QED) is 0.918. The average Bonchev–Trinajstić information content (AvgIpc) is 2.63. The summed E-state index contributed by atoms with van der Waals surface area (Å²) in [6.07, 6.45) is 1.80. The summed E-state index contributed by atoms with van der Waals surface area (Å²) in [5, 5.41) is 2.02. The van der Waals surface area contributed by atoms with Crippen molar-refractivity contribution in [1.29, 1.82) is 0 Å². The Bertz CT molecular complexity index is 467. The molecular weight excluding hydrogens is 272 g/mol. The molecule has 0 spiro atoms. The molecule has 0 amide bonds. The van der Waals surface area contributed by atoms with Gasteiger partial charge in [0.1, 0.15) is 0 Å². The molecule has 15 heavy (non-hydrogen) atoms. The Hall–Kier alpha value is -0.710. The molecule has 1 atom stereocenters. The summed E-state index contributed by atoms with van der Waals surface area (Å²) in [5.74, 6) is 0. The lowest BCUT2D eigenvalue weighted by atomic mass is 10.1. The topological polar surface area (TPSA) is 38.9 Å². The van der Waals surface area contributed by atoms with Gasteiger partial charge in [0.15, 0.2) is 0 Å². The van der Waals surface area contributed by atoms with Crippen molar-refractivity contribution in [3.05, 3.63) is 50.4 Å². The minimum atomic E-state index is -0.140. The Morgan fingerprint density at radius 2 is 2.27 bits per heavy atom. The van der Waals surface area contributed by atoms with Crippen LogP contribution in [0.2, 0.25) is 0 Å². The second kappa shape index (κ2) is 4.43. The van der Waals surface area contributed by atoms with Crippen molar-refractivity contribution in [2.45, 2.75) is 13.0 Å². The summed E-state index contributed by atoms with van der Waals surface area (Å²) in [4.78, 5) is 5.42. The minimum Gasteiger partial charge on any atom is -0.318 e. The number of aryl methyl sites for hydroxylation is 1.